The number of aliphatic hydroxyl groups excluding tert-OH is 2. The molecule has 1 aliphatic rings. The molecule has 0 bridgehead atoms. The number of aromatic nitrogens is 3. The minimum atomic E-state index is -0.905. The zero-order chi connectivity index (χ0) is 12.6. The van der Waals surface area contributed by atoms with Gasteiger partial charge in [-0.25, -0.2) is 9.78 Å². The maximum atomic E-state index is 11.6. The van der Waals surface area contributed by atoms with Crippen LogP contribution in [-0.4, -0.2) is 43.6 Å². The fourth-order valence-corrected chi connectivity index (χ4v) is 1.83. The van der Waals surface area contributed by atoms with E-state index in [0.29, 0.717) is 0 Å². The molecule has 8 heteroatoms. The summed E-state index contributed by atoms with van der Waals surface area (Å²) in [7, 11) is 0. The van der Waals surface area contributed by atoms with E-state index >= 15 is 0 Å². The minimum absolute atomic E-state index is 0.134. The summed E-state index contributed by atoms with van der Waals surface area (Å²) in [5, 5.41) is 19.0. The fourth-order valence-electron chi connectivity index (χ4n) is 1.83. The Bertz CT molecular complexity index is 463. The smallest absolute Gasteiger partial charge is 0.354 e. The number of nitrogen functional groups attached to an aromatic ring is 1. The molecular weight excluding hydrogens is 228 g/mol. The standard InChI is InChI=1S/C9H14N4O4/c1-4-5(2-14)17-7(6(4)15)13-3-11-8(10)12-9(13)16/h3-7,14-15H,2H2,1H3,(H2,10,12,16)/t4-,5-,6-,7-/m1/s1. The third kappa shape index (κ3) is 2.02. The van der Waals surface area contributed by atoms with E-state index in [0.717, 1.165) is 4.57 Å². The largest absolute Gasteiger partial charge is 0.394 e. The summed E-state index contributed by atoms with van der Waals surface area (Å²) in [6, 6.07) is 0. The number of hydrogen-bond acceptors (Lipinski definition) is 7. The number of ether oxygens (including phenoxy) is 1. The van der Waals surface area contributed by atoms with Crippen LogP contribution in [0.5, 0.6) is 0 Å². The van der Waals surface area contributed by atoms with E-state index < -0.39 is 24.1 Å². The lowest BCUT2D eigenvalue weighted by molar-refractivity contribution is -0.0539. The Morgan fingerprint density at radius 3 is 2.88 bits per heavy atom. The van der Waals surface area contributed by atoms with Gasteiger partial charge < -0.3 is 20.7 Å². The number of nitrogens with zero attached hydrogens (tertiary/aromatic N) is 3. The molecule has 0 aliphatic carbocycles. The molecule has 0 saturated carbocycles. The Hall–Kier alpha value is -1.51. The summed E-state index contributed by atoms with van der Waals surface area (Å²) in [6.07, 6.45) is -1.14. The quantitative estimate of drug-likeness (QED) is 0.553. The first-order valence-electron chi connectivity index (χ1n) is 5.19. The molecule has 2 rings (SSSR count). The van der Waals surface area contributed by atoms with Gasteiger partial charge in [0, 0.05) is 5.92 Å². The highest BCUT2D eigenvalue weighted by Crippen LogP contribution is 2.32. The first-order valence-corrected chi connectivity index (χ1v) is 5.19. The molecule has 0 unspecified atom stereocenters. The van der Waals surface area contributed by atoms with Gasteiger partial charge in [-0.15, -0.1) is 0 Å². The van der Waals surface area contributed by atoms with Crippen molar-refractivity contribution < 1.29 is 14.9 Å². The molecule has 17 heavy (non-hydrogen) atoms. The van der Waals surface area contributed by atoms with Crippen LogP contribution < -0.4 is 11.4 Å². The Kier molecular flexibility index (Phi) is 3.09. The summed E-state index contributed by atoms with van der Waals surface area (Å²) in [5.41, 5.74) is 4.62. The summed E-state index contributed by atoms with van der Waals surface area (Å²) < 4.78 is 6.45. The Morgan fingerprint density at radius 2 is 2.35 bits per heavy atom. The predicted octanol–water partition coefficient (Wildman–Crippen LogP) is -1.89. The van der Waals surface area contributed by atoms with Crippen LogP contribution >= 0.6 is 0 Å². The molecule has 1 saturated heterocycles. The van der Waals surface area contributed by atoms with Crippen LogP contribution in [0.4, 0.5) is 5.95 Å². The van der Waals surface area contributed by atoms with Crippen LogP contribution in [0.2, 0.25) is 0 Å². The molecule has 4 N–H and O–H groups in total. The van der Waals surface area contributed by atoms with E-state index in [1.165, 1.54) is 6.33 Å². The second-order valence-electron chi connectivity index (χ2n) is 4.00. The van der Waals surface area contributed by atoms with E-state index in [1.54, 1.807) is 6.92 Å². The van der Waals surface area contributed by atoms with Gasteiger partial charge in [0.2, 0.25) is 5.95 Å². The van der Waals surface area contributed by atoms with Gasteiger partial charge in [-0.05, 0) is 0 Å². The zero-order valence-corrected chi connectivity index (χ0v) is 9.22. The monoisotopic (exact) mass is 242 g/mol. The topological polar surface area (TPSA) is 123 Å². The minimum Gasteiger partial charge on any atom is -0.394 e. The molecule has 0 aromatic carbocycles. The zero-order valence-electron chi connectivity index (χ0n) is 9.22. The van der Waals surface area contributed by atoms with Crippen LogP contribution in [0.1, 0.15) is 13.2 Å². The molecule has 0 amide bonds. The normalized spacial score (nSPS) is 32.9. The van der Waals surface area contributed by atoms with E-state index in [2.05, 4.69) is 9.97 Å². The summed E-state index contributed by atoms with van der Waals surface area (Å²) >= 11 is 0. The first kappa shape index (κ1) is 12.0. The lowest BCUT2D eigenvalue weighted by atomic mass is 10.0. The van der Waals surface area contributed by atoms with Gasteiger partial charge in [0.15, 0.2) is 6.23 Å². The molecule has 0 spiro atoms. The lowest BCUT2D eigenvalue weighted by Gasteiger charge is -2.16. The highest BCUT2D eigenvalue weighted by molar-refractivity contribution is 5.10. The second-order valence-corrected chi connectivity index (χ2v) is 4.00. The number of anilines is 1. The van der Waals surface area contributed by atoms with Gasteiger partial charge in [0.1, 0.15) is 12.4 Å². The van der Waals surface area contributed by atoms with E-state index in [4.69, 9.17) is 15.6 Å². The van der Waals surface area contributed by atoms with Crippen LogP contribution in [0.25, 0.3) is 0 Å². The molecule has 4 atom stereocenters. The average Bonchev–Trinajstić information content (AvgIpc) is 2.57. The molecule has 0 radical (unpaired) electrons. The van der Waals surface area contributed by atoms with E-state index in [1.807, 2.05) is 0 Å². The van der Waals surface area contributed by atoms with Crippen molar-refractivity contribution in [2.75, 3.05) is 12.3 Å². The van der Waals surface area contributed by atoms with Crippen LogP contribution in [0, 0.1) is 5.92 Å². The molecule has 1 aromatic rings. The SMILES string of the molecule is C[C@H]1[C@@H](O)[C@H](n2cnc(N)nc2=O)O[C@@H]1CO. The number of nitrogens with two attached hydrogens (primary N) is 1. The van der Waals surface area contributed by atoms with Crippen molar-refractivity contribution >= 4 is 5.95 Å². The van der Waals surface area contributed by atoms with Crippen molar-refractivity contribution in [1.29, 1.82) is 0 Å². The van der Waals surface area contributed by atoms with Crippen LogP contribution in [-0.2, 0) is 4.74 Å². The Labute approximate surface area is 96.7 Å². The molecule has 1 aliphatic heterocycles. The van der Waals surface area contributed by atoms with Gasteiger partial charge in [0.25, 0.3) is 0 Å². The van der Waals surface area contributed by atoms with Crippen molar-refractivity contribution in [1.82, 2.24) is 14.5 Å². The summed E-state index contributed by atoms with van der Waals surface area (Å²) in [4.78, 5) is 18.7. The van der Waals surface area contributed by atoms with Crippen molar-refractivity contribution in [3.63, 3.8) is 0 Å². The lowest BCUT2D eigenvalue weighted by Crippen LogP contribution is -2.33. The second kappa shape index (κ2) is 4.40. The fraction of sp³-hybridized carbons (Fsp3) is 0.667. The number of aliphatic hydroxyl groups is 2. The summed E-state index contributed by atoms with van der Waals surface area (Å²) in [6.45, 7) is 1.51. The van der Waals surface area contributed by atoms with Crippen LogP contribution in [0.3, 0.4) is 0 Å². The van der Waals surface area contributed by atoms with Crippen molar-refractivity contribution in [2.45, 2.75) is 25.4 Å². The third-order valence-electron chi connectivity index (χ3n) is 2.93. The Morgan fingerprint density at radius 1 is 1.65 bits per heavy atom. The Balaban J connectivity index is 2.32. The van der Waals surface area contributed by atoms with Crippen LogP contribution in [0.15, 0.2) is 11.1 Å². The molecular formula is C9H14N4O4. The van der Waals surface area contributed by atoms with Gasteiger partial charge in [-0.3, -0.25) is 4.57 Å². The molecule has 8 nitrogen and oxygen atoms in total. The van der Waals surface area contributed by atoms with Gasteiger partial charge in [-0.1, -0.05) is 6.92 Å². The number of hydrogen-bond donors (Lipinski definition) is 3. The maximum absolute atomic E-state index is 11.6. The van der Waals surface area contributed by atoms with Crippen molar-refractivity contribution in [3.8, 4) is 0 Å². The van der Waals surface area contributed by atoms with Crippen molar-refractivity contribution in [2.24, 2.45) is 5.92 Å². The van der Waals surface area contributed by atoms with Gasteiger partial charge >= 0.3 is 5.69 Å². The first-order chi connectivity index (χ1) is 8.04. The highest BCUT2D eigenvalue weighted by atomic mass is 16.5. The predicted molar refractivity (Wildman–Crippen MR) is 56.9 cm³/mol. The molecule has 94 valence electrons. The molecule has 1 fully saturated rings. The van der Waals surface area contributed by atoms with E-state index in [9.17, 15) is 9.90 Å². The van der Waals surface area contributed by atoms with Gasteiger partial charge in [0.05, 0.1) is 12.7 Å². The van der Waals surface area contributed by atoms with E-state index in [-0.39, 0.29) is 18.5 Å². The average molecular weight is 242 g/mol. The molecule has 1 aromatic heterocycles. The van der Waals surface area contributed by atoms with Gasteiger partial charge in [-0.2, -0.15) is 4.98 Å². The summed E-state index contributed by atoms with van der Waals surface area (Å²) in [5.74, 6) is -0.417. The number of rotatable bonds is 2. The highest BCUT2D eigenvalue weighted by Gasteiger charge is 2.42. The maximum Gasteiger partial charge on any atom is 0.354 e. The van der Waals surface area contributed by atoms with Crippen molar-refractivity contribution in [3.05, 3.63) is 16.8 Å². The molecule has 2 heterocycles. The third-order valence-corrected chi connectivity index (χ3v) is 2.93.